The Balaban J connectivity index is 2.16. The second-order valence-corrected chi connectivity index (χ2v) is 6.11. The molecule has 0 spiro atoms. The van der Waals surface area contributed by atoms with E-state index in [-0.39, 0.29) is 5.78 Å². The zero-order chi connectivity index (χ0) is 13.4. The molecule has 3 heteroatoms. The van der Waals surface area contributed by atoms with Crippen LogP contribution in [0.3, 0.4) is 0 Å². The average molecular weight is 287 g/mol. The third-order valence-corrected chi connectivity index (χ3v) is 4.90. The molecule has 0 aliphatic heterocycles. The van der Waals surface area contributed by atoms with Gasteiger partial charge in [0.1, 0.15) is 0 Å². The van der Waals surface area contributed by atoms with Crippen molar-refractivity contribution in [3.63, 3.8) is 0 Å². The molecule has 102 valence electrons. The van der Waals surface area contributed by atoms with Crippen LogP contribution in [0.15, 0.2) is 5.38 Å². The SMILES string of the molecule is CCCCCCCCCC(=O)c1scc(C)c1Cl. The summed E-state index contributed by atoms with van der Waals surface area (Å²) in [6.45, 7) is 4.18. The first-order valence-corrected chi connectivity index (χ1v) is 8.19. The Hall–Kier alpha value is -0.340. The van der Waals surface area contributed by atoms with Crippen molar-refractivity contribution in [2.24, 2.45) is 0 Å². The molecule has 1 rings (SSSR count). The number of hydrogen-bond acceptors (Lipinski definition) is 2. The van der Waals surface area contributed by atoms with E-state index in [0.717, 1.165) is 23.3 Å². The van der Waals surface area contributed by atoms with Gasteiger partial charge in [0.05, 0.1) is 9.90 Å². The fourth-order valence-electron chi connectivity index (χ4n) is 1.97. The molecule has 0 aliphatic rings. The zero-order valence-electron chi connectivity index (χ0n) is 11.4. The molecule has 1 nitrogen and oxygen atoms in total. The first-order chi connectivity index (χ1) is 8.66. The van der Waals surface area contributed by atoms with Crippen LogP contribution in [0.2, 0.25) is 5.02 Å². The van der Waals surface area contributed by atoms with E-state index in [1.165, 1.54) is 43.4 Å². The van der Waals surface area contributed by atoms with Gasteiger partial charge in [-0.2, -0.15) is 0 Å². The lowest BCUT2D eigenvalue weighted by Gasteiger charge is -2.01. The number of aryl methyl sites for hydroxylation is 1. The Morgan fingerprint density at radius 2 is 1.78 bits per heavy atom. The van der Waals surface area contributed by atoms with Crippen LogP contribution in [0.1, 0.15) is 73.5 Å². The second-order valence-electron chi connectivity index (χ2n) is 4.86. The fraction of sp³-hybridized carbons (Fsp3) is 0.667. The minimum absolute atomic E-state index is 0.214. The Kier molecular flexibility index (Phi) is 7.60. The third-order valence-electron chi connectivity index (χ3n) is 3.16. The van der Waals surface area contributed by atoms with Gasteiger partial charge < -0.3 is 0 Å². The van der Waals surface area contributed by atoms with E-state index in [1.54, 1.807) is 0 Å². The number of ketones is 1. The third kappa shape index (κ3) is 5.11. The predicted octanol–water partition coefficient (Wildman–Crippen LogP) is 6.03. The van der Waals surface area contributed by atoms with Crippen molar-refractivity contribution >= 4 is 28.7 Å². The van der Waals surface area contributed by atoms with Gasteiger partial charge in [-0.15, -0.1) is 11.3 Å². The van der Waals surface area contributed by atoms with Gasteiger partial charge in [-0.25, -0.2) is 0 Å². The van der Waals surface area contributed by atoms with Gasteiger partial charge in [0, 0.05) is 6.42 Å². The number of carbonyl (C=O) groups is 1. The van der Waals surface area contributed by atoms with Crippen molar-refractivity contribution in [1.29, 1.82) is 0 Å². The highest BCUT2D eigenvalue weighted by Crippen LogP contribution is 2.28. The molecule has 18 heavy (non-hydrogen) atoms. The van der Waals surface area contributed by atoms with Crippen molar-refractivity contribution in [1.82, 2.24) is 0 Å². The topological polar surface area (TPSA) is 17.1 Å². The minimum Gasteiger partial charge on any atom is -0.293 e. The monoisotopic (exact) mass is 286 g/mol. The predicted molar refractivity (Wildman–Crippen MR) is 81.0 cm³/mol. The van der Waals surface area contributed by atoms with E-state index in [1.807, 2.05) is 12.3 Å². The molecule has 0 saturated carbocycles. The number of halogens is 1. The molecule has 1 heterocycles. The first kappa shape index (κ1) is 15.7. The Bertz CT molecular complexity index is 371. The summed E-state index contributed by atoms with van der Waals surface area (Å²) >= 11 is 7.57. The Morgan fingerprint density at radius 3 is 2.33 bits per heavy atom. The van der Waals surface area contributed by atoms with Crippen LogP contribution in [0.5, 0.6) is 0 Å². The van der Waals surface area contributed by atoms with Crippen molar-refractivity contribution in [2.75, 3.05) is 0 Å². The largest absolute Gasteiger partial charge is 0.293 e. The maximum absolute atomic E-state index is 11.9. The maximum atomic E-state index is 11.9. The highest BCUT2D eigenvalue weighted by atomic mass is 35.5. The van der Waals surface area contributed by atoms with Crippen LogP contribution in [0.25, 0.3) is 0 Å². The molecule has 0 saturated heterocycles. The number of hydrogen-bond donors (Lipinski definition) is 0. The summed E-state index contributed by atoms with van der Waals surface area (Å²) < 4.78 is 0. The highest BCUT2D eigenvalue weighted by molar-refractivity contribution is 7.13. The number of Topliss-reactive ketones (excluding diaryl/α,β-unsaturated/α-hetero) is 1. The first-order valence-electron chi connectivity index (χ1n) is 6.93. The van der Waals surface area contributed by atoms with E-state index < -0.39 is 0 Å². The molecule has 0 bridgehead atoms. The van der Waals surface area contributed by atoms with Crippen molar-refractivity contribution in [2.45, 2.75) is 65.2 Å². The zero-order valence-corrected chi connectivity index (χ0v) is 13.0. The van der Waals surface area contributed by atoms with Gasteiger partial charge in [0.25, 0.3) is 0 Å². The van der Waals surface area contributed by atoms with Gasteiger partial charge in [0.2, 0.25) is 0 Å². The van der Waals surface area contributed by atoms with Crippen LogP contribution in [-0.4, -0.2) is 5.78 Å². The Labute approximate surface area is 120 Å². The normalized spacial score (nSPS) is 10.8. The van der Waals surface area contributed by atoms with Crippen molar-refractivity contribution in [3.8, 4) is 0 Å². The summed E-state index contributed by atoms with van der Waals surface area (Å²) in [5, 5.41) is 2.62. The molecule has 0 unspecified atom stereocenters. The molecule has 1 aromatic rings. The highest BCUT2D eigenvalue weighted by Gasteiger charge is 2.13. The number of carbonyl (C=O) groups excluding carboxylic acids is 1. The van der Waals surface area contributed by atoms with Crippen molar-refractivity contribution in [3.05, 3.63) is 20.8 Å². The van der Waals surface area contributed by atoms with Crippen LogP contribution in [-0.2, 0) is 0 Å². The number of unbranched alkanes of at least 4 members (excludes halogenated alkanes) is 6. The standard InChI is InChI=1S/C15H23ClOS/c1-3-4-5-6-7-8-9-10-13(17)15-14(16)12(2)11-18-15/h11H,3-10H2,1-2H3. The molecule has 0 amide bonds. The van der Waals surface area contributed by atoms with Crippen molar-refractivity contribution < 1.29 is 4.79 Å². The molecular formula is C15H23ClOS. The minimum atomic E-state index is 0.214. The van der Waals surface area contributed by atoms with Gasteiger partial charge in [-0.05, 0) is 24.3 Å². The van der Waals surface area contributed by atoms with E-state index in [4.69, 9.17) is 11.6 Å². The molecule has 0 fully saturated rings. The Morgan fingerprint density at radius 1 is 1.17 bits per heavy atom. The van der Waals surface area contributed by atoms with Crippen LogP contribution in [0, 0.1) is 6.92 Å². The second kappa shape index (κ2) is 8.71. The van der Waals surface area contributed by atoms with Gasteiger partial charge in [-0.1, -0.05) is 57.0 Å². The molecule has 1 aromatic heterocycles. The molecular weight excluding hydrogens is 264 g/mol. The van der Waals surface area contributed by atoms with Crippen LogP contribution in [0.4, 0.5) is 0 Å². The lowest BCUT2D eigenvalue weighted by atomic mass is 10.1. The van der Waals surface area contributed by atoms with E-state index in [0.29, 0.717) is 11.4 Å². The lowest BCUT2D eigenvalue weighted by Crippen LogP contribution is -1.96. The van der Waals surface area contributed by atoms with Crippen LogP contribution < -0.4 is 0 Å². The van der Waals surface area contributed by atoms with E-state index >= 15 is 0 Å². The van der Waals surface area contributed by atoms with Gasteiger partial charge >= 0.3 is 0 Å². The summed E-state index contributed by atoms with van der Waals surface area (Å²) in [6, 6.07) is 0. The summed E-state index contributed by atoms with van der Waals surface area (Å²) in [4.78, 5) is 12.7. The van der Waals surface area contributed by atoms with Crippen LogP contribution >= 0.6 is 22.9 Å². The number of rotatable bonds is 9. The summed E-state index contributed by atoms with van der Waals surface area (Å²) in [5.41, 5.74) is 1.02. The average Bonchev–Trinajstić information content (AvgIpc) is 2.69. The summed E-state index contributed by atoms with van der Waals surface area (Å²) in [6.07, 6.45) is 9.33. The molecule has 0 N–H and O–H groups in total. The number of thiophene rings is 1. The van der Waals surface area contributed by atoms with Gasteiger partial charge in [0.15, 0.2) is 5.78 Å². The summed E-state index contributed by atoms with van der Waals surface area (Å²) in [7, 11) is 0. The molecule has 0 aromatic carbocycles. The van der Waals surface area contributed by atoms with Gasteiger partial charge in [-0.3, -0.25) is 4.79 Å². The van der Waals surface area contributed by atoms with E-state index in [9.17, 15) is 4.79 Å². The maximum Gasteiger partial charge on any atom is 0.174 e. The lowest BCUT2D eigenvalue weighted by molar-refractivity contribution is 0.0983. The smallest absolute Gasteiger partial charge is 0.174 e. The van der Waals surface area contributed by atoms with E-state index in [2.05, 4.69) is 6.92 Å². The fourth-order valence-corrected chi connectivity index (χ4v) is 3.24. The summed E-state index contributed by atoms with van der Waals surface area (Å²) in [5.74, 6) is 0.214. The quantitative estimate of drug-likeness (QED) is 0.400. The molecule has 0 atom stereocenters. The molecule has 0 radical (unpaired) electrons. The molecule has 0 aliphatic carbocycles.